The van der Waals surface area contributed by atoms with Gasteiger partial charge in [-0.1, -0.05) is 6.07 Å². The van der Waals surface area contributed by atoms with Crippen LogP contribution in [-0.4, -0.2) is 14.8 Å². The van der Waals surface area contributed by atoms with Crippen molar-refractivity contribution in [3.05, 3.63) is 56.7 Å². The van der Waals surface area contributed by atoms with E-state index in [4.69, 9.17) is 0 Å². The van der Waals surface area contributed by atoms with E-state index < -0.39 is 17.4 Å². The first-order chi connectivity index (χ1) is 8.86. The van der Waals surface area contributed by atoms with E-state index in [1.54, 1.807) is 18.2 Å². The topological polar surface area (TPSA) is 47.8 Å². The molecule has 0 aliphatic rings. The fourth-order valence-corrected chi connectivity index (χ4v) is 1.79. The monoisotopic (exact) mass is 333 g/mol. The van der Waals surface area contributed by atoms with Crippen molar-refractivity contribution in [3.8, 4) is 0 Å². The predicted octanol–water partition coefficient (Wildman–Crippen LogP) is 2.47. The predicted molar refractivity (Wildman–Crippen MR) is 64.5 cm³/mol. The Labute approximate surface area is 114 Å². The summed E-state index contributed by atoms with van der Waals surface area (Å²) in [5, 5.41) is 3.29. The summed E-state index contributed by atoms with van der Waals surface area (Å²) in [5.41, 5.74) is -1.29. The number of halogens is 4. The first kappa shape index (κ1) is 13.7. The van der Waals surface area contributed by atoms with Crippen LogP contribution >= 0.6 is 15.9 Å². The Morgan fingerprint density at radius 2 is 1.95 bits per heavy atom. The van der Waals surface area contributed by atoms with Gasteiger partial charge in [-0.05, 0) is 34.1 Å². The van der Waals surface area contributed by atoms with Crippen LogP contribution < -0.4 is 5.56 Å². The summed E-state index contributed by atoms with van der Waals surface area (Å²) in [5.74, 6) is 0. The van der Waals surface area contributed by atoms with Crippen LogP contribution in [0.2, 0.25) is 0 Å². The van der Waals surface area contributed by atoms with Crippen LogP contribution in [0.5, 0.6) is 0 Å². The summed E-state index contributed by atoms with van der Waals surface area (Å²) in [4.78, 5) is 15.5. The molecule has 2 heterocycles. The molecular formula is C11H7BrF3N3O. The van der Waals surface area contributed by atoms with Gasteiger partial charge in [0, 0.05) is 6.07 Å². The van der Waals surface area contributed by atoms with Gasteiger partial charge in [0.05, 0.1) is 12.2 Å². The van der Waals surface area contributed by atoms with Gasteiger partial charge in [-0.25, -0.2) is 9.67 Å². The van der Waals surface area contributed by atoms with Crippen molar-refractivity contribution in [3.63, 3.8) is 0 Å². The van der Waals surface area contributed by atoms with Crippen LogP contribution in [0.15, 0.2) is 39.7 Å². The molecule has 2 aromatic heterocycles. The fraction of sp³-hybridized carbons (Fsp3) is 0.182. The molecule has 2 aromatic rings. The Balaban J connectivity index is 2.37. The lowest BCUT2D eigenvalue weighted by molar-refractivity contribution is -0.142. The number of hydrogen-bond donors (Lipinski definition) is 0. The third-order valence-corrected chi connectivity index (χ3v) is 2.68. The van der Waals surface area contributed by atoms with Gasteiger partial charge in [0.25, 0.3) is 5.56 Å². The zero-order chi connectivity index (χ0) is 14.0. The Kier molecular flexibility index (Phi) is 3.70. The summed E-state index contributed by atoms with van der Waals surface area (Å²) in [7, 11) is 0. The van der Waals surface area contributed by atoms with Crippen molar-refractivity contribution < 1.29 is 13.2 Å². The van der Waals surface area contributed by atoms with Gasteiger partial charge >= 0.3 is 6.18 Å². The van der Waals surface area contributed by atoms with Gasteiger partial charge in [-0.2, -0.15) is 18.3 Å². The Morgan fingerprint density at radius 3 is 2.58 bits per heavy atom. The van der Waals surface area contributed by atoms with Gasteiger partial charge in [0.2, 0.25) is 0 Å². The maximum Gasteiger partial charge on any atom is 0.435 e. The SMILES string of the molecule is O=c1ccc(C(F)(F)F)nn1Cc1cccc(Br)n1. The van der Waals surface area contributed by atoms with Crippen molar-refractivity contribution >= 4 is 15.9 Å². The highest BCUT2D eigenvalue weighted by molar-refractivity contribution is 9.10. The highest BCUT2D eigenvalue weighted by Crippen LogP contribution is 2.26. The highest BCUT2D eigenvalue weighted by atomic mass is 79.9. The molecule has 0 amide bonds. The van der Waals surface area contributed by atoms with E-state index in [-0.39, 0.29) is 6.54 Å². The average molecular weight is 334 g/mol. The molecule has 4 nitrogen and oxygen atoms in total. The molecule has 0 N–H and O–H groups in total. The van der Waals surface area contributed by atoms with Gasteiger partial charge in [0.1, 0.15) is 4.60 Å². The zero-order valence-corrected chi connectivity index (χ0v) is 10.9. The molecule has 100 valence electrons. The molecule has 0 atom stereocenters. The van der Waals surface area contributed by atoms with Crippen molar-refractivity contribution in [2.45, 2.75) is 12.7 Å². The maximum absolute atomic E-state index is 12.5. The van der Waals surface area contributed by atoms with Crippen LogP contribution in [0, 0.1) is 0 Å². The first-order valence-electron chi connectivity index (χ1n) is 5.13. The van der Waals surface area contributed by atoms with E-state index in [1.165, 1.54) is 0 Å². The quantitative estimate of drug-likeness (QED) is 0.793. The third-order valence-electron chi connectivity index (χ3n) is 2.24. The van der Waals surface area contributed by atoms with Gasteiger partial charge < -0.3 is 0 Å². The molecule has 2 rings (SSSR count). The lowest BCUT2D eigenvalue weighted by atomic mass is 10.3. The molecule has 0 aliphatic carbocycles. The summed E-state index contributed by atoms with van der Waals surface area (Å²) < 4.78 is 38.8. The minimum Gasteiger partial charge on any atom is -0.268 e. The van der Waals surface area contributed by atoms with Crippen LogP contribution in [0.25, 0.3) is 0 Å². The van der Waals surface area contributed by atoms with E-state index in [9.17, 15) is 18.0 Å². The summed E-state index contributed by atoms with van der Waals surface area (Å²) in [6.07, 6.45) is -4.58. The zero-order valence-electron chi connectivity index (χ0n) is 9.36. The van der Waals surface area contributed by atoms with Crippen molar-refractivity contribution in [2.24, 2.45) is 0 Å². The molecule has 0 aliphatic heterocycles. The molecule has 0 unspecified atom stereocenters. The lowest BCUT2D eigenvalue weighted by Gasteiger charge is -2.09. The molecule has 19 heavy (non-hydrogen) atoms. The second-order valence-corrected chi connectivity index (χ2v) is 4.48. The highest BCUT2D eigenvalue weighted by Gasteiger charge is 2.33. The molecular weight excluding hydrogens is 327 g/mol. The van der Waals surface area contributed by atoms with E-state index in [0.29, 0.717) is 16.4 Å². The van der Waals surface area contributed by atoms with Gasteiger partial charge in [-0.15, -0.1) is 0 Å². The average Bonchev–Trinajstić information content (AvgIpc) is 2.30. The number of rotatable bonds is 2. The number of aromatic nitrogens is 3. The van der Waals surface area contributed by atoms with Crippen LogP contribution in [0.3, 0.4) is 0 Å². The molecule has 0 saturated carbocycles. The van der Waals surface area contributed by atoms with E-state index in [0.717, 1.165) is 10.7 Å². The number of alkyl halides is 3. The van der Waals surface area contributed by atoms with Gasteiger partial charge in [0.15, 0.2) is 5.69 Å². The summed E-state index contributed by atoms with van der Waals surface area (Å²) in [6.45, 7) is -0.123. The molecule has 8 heteroatoms. The molecule has 0 fully saturated rings. The Hall–Kier alpha value is -1.70. The van der Waals surface area contributed by atoms with Crippen LogP contribution in [-0.2, 0) is 12.7 Å². The second-order valence-electron chi connectivity index (χ2n) is 3.66. The van der Waals surface area contributed by atoms with E-state index in [1.807, 2.05) is 0 Å². The standard InChI is InChI=1S/C11H7BrF3N3O/c12-9-3-1-2-7(16-9)6-18-10(19)5-4-8(17-18)11(13,14)15/h1-5H,6H2. The third kappa shape index (κ3) is 3.40. The fourth-order valence-electron chi connectivity index (χ4n) is 1.41. The minimum atomic E-state index is -4.58. The van der Waals surface area contributed by atoms with Crippen LogP contribution in [0.1, 0.15) is 11.4 Å². The summed E-state index contributed by atoms with van der Waals surface area (Å²) >= 11 is 3.14. The first-order valence-corrected chi connectivity index (χ1v) is 5.92. The largest absolute Gasteiger partial charge is 0.435 e. The normalized spacial score (nSPS) is 11.6. The van der Waals surface area contributed by atoms with Crippen molar-refractivity contribution in [1.82, 2.24) is 14.8 Å². The molecule has 0 radical (unpaired) electrons. The minimum absolute atomic E-state index is 0.123. The number of hydrogen-bond acceptors (Lipinski definition) is 3. The smallest absolute Gasteiger partial charge is 0.268 e. The molecule has 0 bridgehead atoms. The van der Waals surface area contributed by atoms with Crippen molar-refractivity contribution in [1.29, 1.82) is 0 Å². The summed E-state index contributed by atoms with van der Waals surface area (Å²) in [6, 6.07) is 6.44. The van der Waals surface area contributed by atoms with Gasteiger partial charge in [-0.3, -0.25) is 4.79 Å². The second kappa shape index (κ2) is 5.12. The molecule has 0 saturated heterocycles. The maximum atomic E-state index is 12.5. The Morgan fingerprint density at radius 1 is 1.21 bits per heavy atom. The molecule has 0 spiro atoms. The lowest BCUT2D eigenvalue weighted by Crippen LogP contribution is -2.26. The van der Waals surface area contributed by atoms with E-state index >= 15 is 0 Å². The van der Waals surface area contributed by atoms with Crippen molar-refractivity contribution in [2.75, 3.05) is 0 Å². The van der Waals surface area contributed by atoms with E-state index in [2.05, 4.69) is 26.0 Å². The number of pyridine rings is 1. The van der Waals surface area contributed by atoms with Crippen LogP contribution in [0.4, 0.5) is 13.2 Å². The number of nitrogens with zero attached hydrogens (tertiary/aromatic N) is 3. The molecule has 0 aromatic carbocycles. The Bertz CT molecular complexity index is 654.